The van der Waals surface area contributed by atoms with Crippen LogP contribution < -0.4 is 10.1 Å². The minimum absolute atomic E-state index is 0.196. The molecule has 1 aromatic heterocycles. The van der Waals surface area contributed by atoms with Gasteiger partial charge in [0.25, 0.3) is 0 Å². The maximum atomic E-state index is 12.5. The van der Waals surface area contributed by atoms with Crippen molar-refractivity contribution in [2.75, 3.05) is 20.8 Å². The van der Waals surface area contributed by atoms with Gasteiger partial charge in [-0.2, -0.15) is 0 Å². The zero-order chi connectivity index (χ0) is 19.2. The Hall–Kier alpha value is -3.03. The van der Waals surface area contributed by atoms with E-state index in [-0.39, 0.29) is 12.5 Å². The summed E-state index contributed by atoms with van der Waals surface area (Å²) in [6.45, 7) is 0.717. The Bertz CT molecular complexity index is 804. The van der Waals surface area contributed by atoms with Crippen molar-refractivity contribution in [1.29, 1.82) is 0 Å². The number of hydrogen-bond donors (Lipinski definition) is 1. The van der Waals surface area contributed by atoms with Crippen LogP contribution in [0.4, 0.5) is 4.79 Å². The van der Waals surface area contributed by atoms with E-state index in [1.807, 2.05) is 24.3 Å². The number of likely N-dealkylation sites (tertiary alicyclic amines) is 1. The van der Waals surface area contributed by atoms with Gasteiger partial charge >= 0.3 is 6.09 Å². The zero-order valence-corrected chi connectivity index (χ0v) is 15.4. The Kier molecular flexibility index (Phi) is 5.95. The molecule has 27 heavy (non-hydrogen) atoms. The Morgan fingerprint density at radius 2 is 2.15 bits per heavy atom. The Labute approximate surface area is 157 Å². The second kappa shape index (κ2) is 8.57. The molecule has 2 heterocycles. The fourth-order valence-corrected chi connectivity index (χ4v) is 3.15. The van der Waals surface area contributed by atoms with E-state index in [1.54, 1.807) is 13.2 Å². The monoisotopic (exact) mass is 373 g/mol. The molecule has 8 nitrogen and oxygen atoms in total. The van der Waals surface area contributed by atoms with Crippen LogP contribution in [0.2, 0.25) is 0 Å². The largest absolute Gasteiger partial charge is 0.497 e. The number of nitrogens with one attached hydrogen (secondary N) is 1. The van der Waals surface area contributed by atoms with E-state index in [9.17, 15) is 9.59 Å². The van der Waals surface area contributed by atoms with Crippen LogP contribution in [0.15, 0.2) is 34.9 Å². The maximum absolute atomic E-state index is 12.5. The van der Waals surface area contributed by atoms with Gasteiger partial charge in [0.05, 0.1) is 20.8 Å². The Morgan fingerprint density at radius 3 is 2.93 bits per heavy atom. The molecule has 2 aromatic rings. The summed E-state index contributed by atoms with van der Waals surface area (Å²) in [4.78, 5) is 25.8. The normalized spacial score (nSPS) is 16.7. The summed E-state index contributed by atoms with van der Waals surface area (Å²) in [5, 5.41) is 6.86. The van der Waals surface area contributed by atoms with Crippen LogP contribution in [-0.2, 0) is 16.1 Å². The predicted octanol–water partition coefficient (Wildman–Crippen LogP) is 2.59. The molecule has 0 bridgehead atoms. The Balaban J connectivity index is 1.62. The van der Waals surface area contributed by atoms with Crippen LogP contribution in [0.25, 0.3) is 11.3 Å². The number of rotatable bonds is 5. The van der Waals surface area contributed by atoms with Crippen molar-refractivity contribution in [3.8, 4) is 17.0 Å². The molecule has 1 N–H and O–H groups in total. The van der Waals surface area contributed by atoms with Crippen LogP contribution in [0, 0.1) is 0 Å². The second-order valence-corrected chi connectivity index (χ2v) is 6.30. The summed E-state index contributed by atoms with van der Waals surface area (Å²) in [7, 11) is 2.92. The number of carbonyl (C=O) groups excluding carboxylic acids is 2. The second-order valence-electron chi connectivity index (χ2n) is 6.30. The summed E-state index contributed by atoms with van der Waals surface area (Å²) in [5.74, 6) is 1.03. The molecule has 0 aliphatic carbocycles. The van der Waals surface area contributed by atoms with E-state index in [1.165, 1.54) is 12.0 Å². The van der Waals surface area contributed by atoms with Crippen molar-refractivity contribution in [3.63, 3.8) is 0 Å². The quantitative estimate of drug-likeness (QED) is 0.866. The summed E-state index contributed by atoms with van der Waals surface area (Å²) < 4.78 is 15.3. The average molecular weight is 373 g/mol. The van der Waals surface area contributed by atoms with Gasteiger partial charge in [0, 0.05) is 18.2 Å². The lowest BCUT2D eigenvalue weighted by atomic mass is 10.0. The van der Waals surface area contributed by atoms with E-state index in [4.69, 9.17) is 14.0 Å². The molecule has 0 spiro atoms. The lowest BCUT2D eigenvalue weighted by Crippen LogP contribution is -2.51. The number of piperidine rings is 1. The molecule has 3 rings (SSSR count). The van der Waals surface area contributed by atoms with Crippen molar-refractivity contribution in [3.05, 3.63) is 36.1 Å². The molecule has 0 unspecified atom stereocenters. The van der Waals surface area contributed by atoms with Gasteiger partial charge in [-0.25, -0.2) is 4.79 Å². The molecule has 1 atom stereocenters. The number of methoxy groups -OCH3 is 2. The molecule has 1 aliphatic rings. The van der Waals surface area contributed by atoms with Crippen molar-refractivity contribution in [2.24, 2.45) is 0 Å². The third-order valence-corrected chi connectivity index (χ3v) is 4.58. The van der Waals surface area contributed by atoms with Crippen molar-refractivity contribution < 1.29 is 23.6 Å². The minimum atomic E-state index is -0.521. The van der Waals surface area contributed by atoms with E-state index in [0.29, 0.717) is 24.4 Å². The van der Waals surface area contributed by atoms with Crippen molar-refractivity contribution in [1.82, 2.24) is 15.4 Å². The summed E-state index contributed by atoms with van der Waals surface area (Å²) in [5.41, 5.74) is 1.52. The van der Waals surface area contributed by atoms with E-state index in [2.05, 4.69) is 10.5 Å². The van der Waals surface area contributed by atoms with Gasteiger partial charge in [0.15, 0.2) is 5.76 Å². The van der Waals surface area contributed by atoms with Crippen LogP contribution in [0.3, 0.4) is 0 Å². The number of amides is 2. The molecule has 8 heteroatoms. The third kappa shape index (κ3) is 4.39. The van der Waals surface area contributed by atoms with Crippen LogP contribution in [0.1, 0.15) is 25.0 Å². The molecule has 1 saturated heterocycles. The molecule has 144 valence electrons. The Morgan fingerprint density at radius 1 is 1.30 bits per heavy atom. The van der Waals surface area contributed by atoms with E-state index < -0.39 is 12.1 Å². The maximum Gasteiger partial charge on any atom is 0.410 e. The number of benzene rings is 1. The number of carbonyl (C=O) groups is 2. The molecular formula is C19H23N3O5. The zero-order valence-electron chi connectivity index (χ0n) is 15.4. The van der Waals surface area contributed by atoms with Crippen molar-refractivity contribution in [2.45, 2.75) is 31.8 Å². The minimum Gasteiger partial charge on any atom is -0.497 e. The SMILES string of the molecule is COC(=O)N1CCCC[C@H]1C(=O)NCc1cc(-c2cccc(OC)c2)no1. The first-order chi connectivity index (χ1) is 13.1. The molecule has 1 fully saturated rings. The lowest BCUT2D eigenvalue weighted by molar-refractivity contribution is -0.127. The first-order valence-electron chi connectivity index (χ1n) is 8.84. The van der Waals surface area contributed by atoms with Gasteiger partial charge in [-0.1, -0.05) is 17.3 Å². The number of ether oxygens (including phenoxy) is 2. The number of nitrogens with zero attached hydrogens (tertiary/aromatic N) is 2. The lowest BCUT2D eigenvalue weighted by Gasteiger charge is -2.33. The highest BCUT2D eigenvalue weighted by Gasteiger charge is 2.32. The highest BCUT2D eigenvalue weighted by atomic mass is 16.5. The third-order valence-electron chi connectivity index (χ3n) is 4.58. The summed E-state index contributed by atoms with van der Waals surface area (Å²) >= 11 is 0. The first-order valence-corrected chi connectivity index (χ1v) is 8.84. The van der Waals surface area contributed by atoms with Crippen LogP contribution in [0.5, 0.6) is 5.75 Å². The van der Waals surface area contributed by atoms with Gasteiger partial charge < -0.3 is 19.3 Å². The molecular weight excluding hydrogens is 350 g/mol. The van der Waals surface area contributed by atoms with Gasteiger partial charge in [0.2, 0.25) is 5.91 Å². The van der Waals surface area contributed by atoms with Gasteiger partial charge in [-0.15, -0.1) is 0 Å². The number of hydrogen-bond acceptors (Lipinski definition) is 6. The summed E-state index contributed by atoms with van der Waals surface area (Å²) in [6.07, 6.45) is 1.90. The smallest absolute Gasteiger partial charge is 0.410 e. The van der Waals surface area contributed by atoms with E-state index in [0.717, 1.165) is 24.2 Å². The predicted molar refractivity (Wildman–Crippen MR) is 97.1 cm³/mol. The highest BCUT2D eigenvalue weighted by Crippen LogP contribution is 2.23. The van der Waals surface area contributed by atoms with Gasteiger partial charge in [-0.05, 0) is 31.4 Å². The fourth-order valence-electron chi connectivity index (χ4n) is 3.15. The molecule has 1 aliphatic heterocycles. The summed E-state index contributed by atoms with van der Waals surface area (Å²) in [6, 6.07) is 8.73. The number of aromatic nitrogens is 1. The highest BCUT2D eigenvalue weighted by molar-refractivity contribution is 5.85. The standard InChI is InChI=1S/C19H23N3O5/c1-25-14-7-5-6-13(10-14)16-11-15(27-21-16)12-20-18(23)17-8-3-4-9-22(17)19(24)26-2/h5-7,10-11,17H,3-4,8-9,12H2,1-2H3,(H,20,23)/t17-/m0/s1. The molecule has 2 amide bonds. The molecule has 0 saturated carbocycles. The van der Waals surface area contributed by atoms with E-state index >= 15 is 0 Å². The molecule has 0 radical (unpaired) electrons. The van der Waals surface area contributed by atoms with Crippen molar-refractivity contribution >= 4 is 12.0 Å². The van der Waals surface area contributed by atoms with Gasteiger partial charge in [0.1, 0.15) is 17.5 Å². The van der Waals surface area contributed by atoms with Crippen LogP contribution >= 0.6 is 0 Å². The fraction of sp³-hybridized carbons (Fsp3) is 0.421. The molecule has 1 aromatic carbocycles. The first kappa shape index (κ1) is 18.8. The topological polar surface area (TPSA) is 93.9 Å². The van der Waals surface area contributed by atoms with Crippen LogP contribution in [-0.4, -0.2) is 48.9 Å². The van der Waals surface area contributed by atoms with Gasteiger partial charge in [-0.3, -0.25) is 9.69 Å². The average Bonchev–Trinajstić information content (AvgIpc) is 3.20.